The topological polar surface area (TPSA) is 23.6 Å². The predicted octanol–water partition coefficient (Wildman–Crippen LogP) is 0.376. The van der Waals surface area contributed by atoms with E-state index in [0.717, 1.165) is 14.1 Å². The molecule has 1 unspecified atom stereocenters. The van der Waals surface area contributed by atoms with E-state index in [1.807, 2.05) is 12.8 Å². The summed E-state index contributed by atoms with van der Waals surface area (Å²) in [5.74, 6) is 0.255. The van der Waals surface area contributed by atoms with Crippen molar-refractivity contribution in [3.8, 4) is 0 Å². The van der Waals surface area contributed by atoms with Gasteiger partial charge in [0.05, 0.1) is 13.2 Å². The molecule has 0 aromatic carbocycles. The molecule has 0 aliphatic carbocycles. The predicted molar refractivity (Wildman–Crippen MR) is 67.7 cm³/mol. The summed E-state index contributed by atoms with van der Waals surface area (Å²) in [4.78, 5) is 15.5. The number of hydrogen-bond acceptors (Lipinski definition) is 2. The van der Waals surface area contributed by atoms with Crippen LogP contribution in [0, 0.1) is 0 Å². The average molecular weight is 208 g/mol. The zero-order valence-corrected chi connectivity index (χ0v) is 10.5. The Balaban J connectivity index is 2.49. The molecule has 15 heavy (non-hydrogen) atoms. The van der Waals surface area contributed by atoms with Crippen LogP contribution in [-0.4, -0.2) is 44.1 Å². The molecule has 0 bridgehead atoms. The molecule has 5 heteroatoms. The fourth-order valence-corrected chi connectivity index (χ4v) is 2.36. The summed E-state index contributed by atoms with van der Waals surface area (Å²) < 4.78 is 0. The second-order valence-corrected chi connectivity index (χ2v) is 5.13. The van der Waals surface area contributed by atoms with Gasteiger partial charge in [0.1, 0.15) is 0 Å². The van der Waals surface area contributed by atoms with E-state index in [-0.39, 0.29) is 5.91 Å². The second-order valence-electron chi connectivity index (χ2n) is 5.13. The van der Waals surface area contributed by atoms with Gasteiger partial charge in [-0.2, -0.15) is 0 Å². The Hall–Kier alpha value is -0.440. The minimum Gasteiger partial charge on any atom is -0.381 e. The highest BCUT2D eigenvalue weighted by atomic mass is 16.2. The summed E-state index contributed by atoms with van der Waals surface area (Å²) >= 11 is 0. The highest BCUT2D eigenvalue weighted by Gasteiger charge is 2.31. The maximum Gasteiger partial charge on any atom is 0.224 e. The van der Waals surface area contributed by atoms with Crippen LogP contribution in [0.5, 0.6) is 0 Å². The SMILES string of the molecule is BN1CN(BC(C)(CC)CCC)CC1=O. The van der Waals surface area contributed by atoms with Crippen LogP contribution in [0.25, 0.3) is 0 Å². The Morgan fingerprint density at radius 3 is 2.60 bits per heavy atom. The first kappa shape index (κ1) is 12.6. The summed E-state index contributed by atoms with van der Waals surface area (Å²) in [6.07, 6.45) is 3.66. The van der Waals surface area contributed by atoms with Crippen molar-refractivity contribution in [3.63, 3.8) is 0 Å². The zero-order chi connectivity index (χ0) is 11.5. The van der Waals surface area contributed by atoms with Gasteiger partial charge in [0, 0.05) is 0 Å². The molecule has 1 saturated heterocycles. The van der Waals surface area contributed by atoms with Crippen LogP contribution in [-0.2, 0) is 4.79 Å². The molecule has 0 radical (unpaired) electrons. The number of amides is 1. The maximum atomic E-state index is 11.4. The number of carbonyl (C=O) groups excluding carboxylic acids is 1. The third-order valence-corrected chi connectivity index (χ3v) is 3.51. The normalized spacial score (nSPS) is 21.8. The van der Waals surface area contributed by atoms with Gasteiger partial charge in [-0.25, -0.2) is 0 Å². The van der Waals surface area contributed by atoms with Gasteiger partial charge in [-0.3, -0.25) is 4.79 Å². The number of hydrogen-bond donors (Lipinski definition) is 0. The molecule has 3 nitrogen and oxygen atoms in total. The molecule has 1 rings (SSSR count). The Morgan fingerprint density at radius 1 is 1.53 bits per heavy atom. The van der Waals surface area contributed by atoms with Crippen LogP contribution < -0.4 is 0 Å². The summed E-state index contributed by atoms with van der Waals surface area (Å²) in [6, 6.07) is 0. The minimum atomic E-state index is 0.255. The molecule has 0 aromatic heterocycles. The lowest BCUT2D eigenvalue weighted by Gasteiger charge is -2.30. The van der Waals surface area contributed by atoms with E-state index in [0.29, 0.717) is 11.9 Å². The molecule has 0 saturated carbocycles. The lowest BCUT2D eigenvalue weighted by atomic mass is 9.57. The fourth-order valence-electron chi connectivity index (χ4n) is 2.36. The molecule has 84 valence electrons. The van der Waals surface area contributed by atoms with E-state index in [1.54, 1.807) is 0 Å². The molecule has 0 spiro atoms. The Morgan fingerprint density at radius 2 is 2.20 bits per heavy atom. The van der Waals surface area contributed by atoms with Gasteiger partial charge >= 0.3 is 0 Å². The van der Waals surface area contributed by atoms with E-state index in [1.165, 1.54) is 19.3 Å². The summed E-state index contributed by atoms with van der Waals surface area (Å²) in [7, 11) is 2.93. The molecule has 1 amide bonds. The molecule has 1 fully saturated rings. The quantitative estimate of drug-likeness (QED) is 0.609. The Kier molecular flexibility index (Phi) is 4.26. The molecular weight excluding hydrogens is 186 g/mol. The van der Waals surface area contributed by atoms with Gasteiger partial charge in [-0.05, 0) is 5.31 Å². The lowest BCUT2D eigenvalue weighted by Crippen LogP contribution is -2.35. The first-order valence-electron chi connectivity index (χ1n) is 5.97. The van der Waals surface area contributed by atoms with Crippen LogP contribution in [0.3, 0.4) is 0 Å². The van der Waals surface area contributed by atoms with Crippen molar-refractivity contribution in [3.05, 3.63) is 0 Å². The molecule has 1 aliphatic rings. The van der Waals surface area contributed by atoms with Crippen LogP contribution in [0.4, 0.5) is 0 Å². The first-order valence-corrected chi connectivity index (χ1v) is 5.97. The summed E-state index contributed by atoms with van der Waals surface area (Å²) in [5.41, 5.74) is 0. The summed E-state index contributed by atoms with van der Waals surface area (Å²) in [5, 5.41) is 0.375. The van der Waals surface area contributed by atoms with Crippen LogP contribution >= 0.6 is 0 Å². The van der Waals surface area contributed by atoms with Crippen LogP contribution in [0.2, 0.25) is 5.31 Å². The third kappa shape index (κ3) is 3.26. The summed E-state index contributed by atoms with van der Waals surface area (Å²) in [6.45, 7) is 8.22. The van der Waals surface area contributed by atoms with Gasteiger partial charge in [-0.1, -0.05) is 40.0 Å². The van der Waals surface area contributed by atoms with E-state index in [4.69, 9.17) is 0 Å². The first-order chi connectivity index (χ1) is 7.00. The van der Waals surface area contributed by atoms with E-state index < -0.39 is 0 Å². The molecule has 0 aromatic rings. The van der Waals surface area contributed by atoms with Crippen molar-refractivity contribution in [1.82, 2.24) is 9.62 Å². The van der Waals surface area contributed by atoms with Gasteiger partial charge in [0.25, 0.3) is 0 Å². The van der Waals surface area contributed by atoms with Crippen molar-refractivity contribution in [2.24, 2.45) is 0 Å². The average Bonchev–Trinajstić information content (AvgIpc) is 2.46. The van der Waals surface area contributed by atoms with Gasteiger partial charge in [0.15, 0.2) is 0 Å². The second kappa shape index (κ2) is 5.06. The van der Waals surface area contributed by atoms with E-state index in [9.17, 15) is 4.79 Å². The fraction of sp³-hybridized carbons (Fsp3) is 0.900. The molecule has 1 heterocycles. The van der Waals surface area contributed by atoms with Crippen molar-refractivity contribution < 1.29 is 4.79 Å². The molecule has 1 aliphatic heterocycles. The maximum absolute atomic E-state index is 11.4. The molecular formula is C10H22B2N2O. The number of rotatable bonds is 5. The standard InChI is InChI=1S/C10H22B2N2O/c1-4-6-10(3,5-2)12-13-7-9(15)14(11)8-13/h12H,4-8,11H2,1-3H3. The van der Waals surface area contributed by atoms with Gasteiger partial charge in [-0.15, -0.1) is 0 Å². The smallest absolute Gasteiger partial charge is 0.224 e. The Bertz CT molecular complexity index is 237. The highest BCUT2D eigenvalue weighted by molar-refractivity contribution is 6.37. The monoisotopic (exact) mass is 208 g/mol. The van der Waals surface area contributed by atoms with E-state index >= 15 is 0 Å². The van der Waals surface area contributed by atoms with Crippen LogP contribution in [0.15, 0.2) is 0 Å². The van der Waals surface area contributed by atoms with E-state index in [2.05, 4.69) is 25.6 Å². The molecule has 1 atom stereocenters. The molecule has 0 N–H and O–H groups in total. The number of nitrogens with zero attached hydrogens (tertiary/aromatic N) is 2. The highest BCUT2D eigenvalue weighted by Crippen LogP contribution is 2.35. The van der Waals surface area contributed by atoms with Crippen molar-refractivity contribution in [2.45, 2.75) is 45.3 Å². The van der Waals surface area contributed by atoms with Crippen molar-refractivity contribution in [1.29, 1.82) is 0 Å². The van der Waals surface area contributed by atoms with Crippen molar-refractivity contribution >= 4 is 21.3 Å². The lowest BCUT2D eigenvalue weighted by molar-refractivity contribution is -0.122. The zero-order valence-electron chi connectivity index (χ0n) is 10.5. The third-order valence-electron chi connectivity index (χ3n) is 3.51. The Labute approximate surface area is 94.9 Å². The van der Waals surface area contributed by atoms with Crippen LogP contribution in [0.1, 0.15) is 40.0 Å². The largest absolute Gasteiger partial charge is 0.381 e. The van der Waals surface area contributed by atoms with Gasteiger partial charge in [0.2, 0.25) is 21.3 Å². The van der Waals surface area contributed by atoms with Crippen molar-refractivity contribution in [2.75, 3.05) is 13.2 Å². The minimum absolute atomic E-state index is 0.255. The number of carbonyl (C=O) groups is 1. The van der Waals surface area contributed by atoms with Gasteiger partial charge < -0.3 is 9.62 Å².